The second-order valence-electron chi connectivity index (χ2n) is 7.02. The number of likely N-dealkylation sites (tertiary alicyclic amines) is 1. The molecular formula is C22H22Cl2N2OS. The summed E-state index contributed by atoms with van der Waals surface area (Å²) in [6.07, 6.45) is 4.12. The fourth-order valence-electron chi connectivity index (χ4n) is 3.86. The van der Waals surface area contributed by atoms with Gasteiger partial charge in [0, 0.05) is 21.6 Å². The summed E-state index contributed by atoms with van der Waals surface area (Å²) in [4.78, 5) is 6.98. The van der Waals surface area contributed by atoms with E-state index in [-0.39, 0.29) is 12.1 Å². The summed E-state index contributed by atoms with van der Waals surface area (Å²) in [5.41, 5.74) is 2.29. The smallest absolute Gasteiger partial charge is 0.107 e. The number of nitrogens with zero attached hydrogens (tertiary/aromatic N) is 2. The second kappa shape index (κ2) is 9.38. The largest absolute Gasteiger partial charge is 0.372 e. The van der Waals surface area contributed by atoms with E-state index in [1.54, 1.807) is 17.4 Å². The summed E-state index contributed by atoms with van der Waals surface area (Å²) in [5.74, 6) is 0. The summed E-state index contributed by atoms with van der Waals surface area (Å²) in [5, 5.41) is 4.45. The predicted octanol–water partition coefficient (Wildman–Crippen LogP) is 6.37. The van der Waals surface area contributed by atoms with E-state index in [9.17, 15) is 0 Å². The molecule has 0 unspecified atom stereocenters. The highest BCUT2D eigenvalue weighted by atomic mass is 35.5. The van der Waals surface area contributed by atoms with Crippen LogP contribution in [-0.2, 0) is 17.9 Å². The molecule has 146 valence electrons. The molecule has 0 N–H and O–H groups in total. The summed E-state index contributed by atoms with van der Waals surface area (Å²) < 4.78 is 6.42. The third-order valence-electron chi connectivity index (χ3n) is 5.03. The minimum atomic E-state index is 0.105. The minimum absolute atomic E-state index is 0.105. The third-order valence-corrected chi connectivity index (χ3v) is 6.23. The van der Waals surface area contributed by atoms with Gasteiger partial charge in [-0.15, -0.1) is 11.3 Å². The fraction of sp³-hybridized carbons (Fsp3) is 0.318. The van der Waals surface area contributed by atoms with Crippen molar-refractivity contribution < 1.29 is 4.74 Å². The number of aromatic nitrogens is 1. The van der Waals surface area contributed by atoms with Crippen LogP contribution >= 0.6 is 34.5 Å². The first-order valence-corrected chi connectivity index (χ1v) is 11.1. The van der Waals surface area contributed by atoms with Crippen LogP contribution in [0.4, 0.5) is 0 Å². The maximum atomic E-state index is 6.42. The Morgan fingerprint density at radius 2 is 1.89 bits per heavy atom. The van der Waals surface area contributed by atoms with Crippen LogP contribution in [0.1, 0.15) is 35.0 Å². The SMILES string of the molecule is Clc1cc(Cl)cc(CO[C@H]2CCCN(Cc3nccs3)[C@H]2c2ccccc2)c1. The van der Waals surface area contributed by atoms with Crippen LogP contribution in [0, 0.1) is 0 Å². The van der Waals surface area contributed by atoms with E-state index in [0.717, 1.165) is 36.5 Å². The van der Waals surface area contributed by atoms with Crippen LogP contribution < -0.4 is 0 Å². The minimum Gasteiger partial charge on any atom is -0.372 e. The van der Waals surface area contributed by atoms with Gasteiger partial charge in [-0.2, -0.15) is 0 Å². The van der Waals surface area contributed by atoms with E-state index < -0.39 is 0 Å². The normalized spacial score (nSPS) is 20.4. The number of piperidine rings is 1. The lowest BCUT2D eigenvalue weighted by Crippen LogP contribution is -2.42. The van der Waals surface area contributed by atoms with Gasteiger partial charge in [0.25, 0.3) is 0 Å². The standard InChI is InChI=1S/C22H22Cl2N2OS/c23-18-11-16(12-19(24)13-18)15-27-20-7-4-9-26(14-21-25-8-10-28-21)22(20)17-5-2-1-3-6-17/h1-3,5-6,8,10-13,20,22H,4,7,9,14-15H2/t20-,22-/m0/s1. The van der Waals surface area contributed by atoms with Crippen molar-refractivity contribution in [1.82, 2.24) is 9.88 Å². The molecule has 3 aromatic rings. The van der Waals surface area contributed by atoms with E-state index in [4.69, 9.17) is 27.9 Å². The molecule has 0 amide bonds. The molecule has 6 heteroatoms. The first-order chi connectivity index (χ1) is 13.7. The van der Waals surface area contributed by atoms with Crippen molar-refractivity contribution in [3.05, 3.63) is 86.3 Å². The van der Waals surface area contributed by atoms with Gasteiger partial charge in [0.15, 0.2) is 0 Å². The van der Waals surface area contributed by atoms with Crippen molar-refractivity contribution in [3.8, 4) is 0 Å². The molecule has 0 bridgehead atoms. The molecule has 1 saturated heterocycles. The van der Waals surface area contributed by atoms with Crippen molar-refractivity contribution in [1.29, 1.82) is 0 Å². The Morgan fingerprint density at radius 3 is 2.61 bits per heavy atom. The number of thiazole rings is 1. The highest BCUT2D eigenvalue weighted by Gasteiger charge is 2.33. The zero-order valence-corrected chi connectivity index (χ0v) is 17.8. The Balaban J connectivity index is 1.55. The van der Waals surface area contributed by atoms with E-state index in [0.29, 0.717) is 16.7 Å². The van der Waals surface area contributed by atoms with Crippen LogP contribution in [0.15, 0.2) is 60.1 Å². The Bertz CT molecular complexity index is 869. The molecule has 0 aliphatic carbocycles. The van der Waals surface area contributed by atoms with E-state index >= 15 is 0 Å². The van der Waals surface area contributed by atoms with Gasteiger partial charge in [-0.05, 0) is 48.7 Å². The van der Waals surface area contributed by atoms with Crippen LogP contribution in [0.3, 0.4) is 0 Å². The molecule has 0 radical (unpaired) electrons. The van der Waals surface area contributed by atoms with Gasteiger partial charge in [0.2, 0.25) is 0 Å². The zero-order valence-electron chi connectivity index (χ0n) is 15.4. The van der Waals surface area contributed by atoms with Crippen LogP contribution in [0.2, 0.25) is 10.0 Å². The number of rotatable bonds is 6. The quantitative estimate of drug-likeness (QED) is 0.452. The lowest BCUT2D eigenvalue weighted by molar-refractivity contribution is -0.0553. The van der Waals surface area contributed by atoms with Gasteiger partial charge in [-0.3, -0.25) is 4.90 Å². The molecule has 1 fully saturated rings. The third kappa shape index (κ3) is 4.94. The number of ether oxygens (including phenoxy) is 1. The molecule has 1 aromatic heterocycles. The second-order valence-corrected chi connectivity index (χ2v) is 8.87. The lowest BCUT2D eigenvalue weighted by atomic mass is 9.92. The van der Waals surface area contributed by atoms with Gasteiger partial charge in [0.05, 0.1) is 25.3 Å². The number of hydrogen-bond donors (Lipinski definition) is 0. The van der Waals surface area contributed by atoms with Crippen LogP contribution in [0.5, 0.6) is 0 Å². The van der Waals surface area contributed by atoms with Crippen molar-refractivity contribution >= 4 is 34.5 Å². The van der Waals surface area contributed by atoms with Crippen molar-refractivity contribution in [2.75, 3.05) is 6.54 Å². The van der Waals surface area contributed by atoms with Crippen molar-refractivity contribution in [2.24, 2.45) is 0 Å². The average molecular weight is 433 g/mol. The van der Waals surface area contributed by atoms with Crippen molar-refractivity contribution in [3.63, 3.8) is 0 Å². The van der Waals surface area contributed by atoms with Crippen molar-refractivity contribution in [2.45, 2.75) is 38.1 Å². The molecular weight excluding hydrogens is 411 g/mol. The number of hydrogen-bond acceptors (Lipinski definition) is 4. The first-order valence-electron chi connectivity index (χ1n) is 9.43. The molecule has 1 aliphatic rings. The van der Waals surface area contributed by atoms with E-state index in [2.05, 4.69) is 40.2 Å². The number of benzene rings is 2. The molecule has 1 aliphatic heterocycles. The topological polar surface area (TPSA) is 25.4 Å². The maximum absolute atomic E-state index is 6.42. The first kappa shape index (κ1) is 19.9. The summed E-state index contributed by atoms with van der Waals surface area (Å²) in [6.45, 7) is 2.39. The average Bonchev–Trinajstić information content (AvgIpc) is 3.19. The molecule has 2 heterocycles. The van der Waals surface area contributed by atoms with Crippen LogP contribution in [-0.4, -0.2) is 22.5 Å². The molecule has 2 atom stereocenters. The Morgan fingerprint density at radius 1 is 1.11 bits per heavy atom. The maximum Gasteiger partial charge on any atom is 0.107 e. The summed E-state index contributed by atoms with van der Waals surface area (Å²) in [7, 11) is 0. The molecule has 4 rings (SSSR count). The zero-order chi connectivity index (χ0) is 19.3. The van der Waals surface area contributed by atoms with Gasteiger partial charge >= 0.3 is 0 Å². The van der Waals surface area contributed by atoms with Gasteiger partial charge < -0.3 is 4.74 Å². The van der Waals surface area contributed by atoms with Crippen LogP contribution in [0.25, 0.3) is 0 Å². The summed E-state index contributed by atoms with van der Waals surface area (Å²) in [6, 6.07) is 16.4. The van der Waals surface area contributed by atoms with Gasteiger partial charge in [-0.1, -0.05) is 53.5 Å². The predicted molar refractivity (Wildman–Crippen MR) is 116 cm³/mol. The highest BCUT2D eigenvalue weighted by molar-refractivity contribution is 7.09. The molecule has 0 spiro atoms. The molecule has 28 heavy (non-hydrogen) atoms. The van der Waals surface area contributed by atoms with Gasteiger partial charge in [-0.25, -0.2) is 4.98 Å². The Hall–Kier alpha value is -1.43. The molecule has 0 saturated carbocycles. The molecule has 3 nitrogen and oxygen atoms in total. The lowest BCUT2D eigenvalue weighted by Gasteiger charge is -2.41. The van der Waals surface area contributed by atoms with E-state index in [1.807, 2.05) is 23.7 Å². The monoisotopic (exact) mass is 432 g/mol. The summed E-state index contributed by atoms with van der Waals surface area (Å²) >= 11 is 14.0. The Labute approximate surface area is 179 Å². The van der Waals surface area contributed by atoms with E-state index in [1.165, 1.54) is 5.56 Å². The van der Waals surface area contributed by atoms with Gasteiger partial charge in [0.1, 0.15) is 5.01 Å². The Kier molecular flexibility index (Phi) is 6.65. The number of halogens is 2. The fourth-order valence-corrected chi connectivity index (χ4v) is 5.07. The molecule has 2 aromatic carbocycles. The highest BCUT2D eigenvalue weighted by Crippen LogP contribution is 2.35.